The second-order valence-electron chi connectivity index (χ2n) is 3.83. The standard InChI is InChI=1S/C12H15BrClF2NO.ClH/c1-3-7-5-8(4-2)10(6-9(7)17)18-12(15,16)11(13)14;/h5-6,11H,3-4,17H2,1-2H3;1H. The SMILES string of the molecule is CCc1cc(CC)c(OC(F)(F)C(Cl)Br)cc1N.Cl. The molecule has 0 bridgehead atoms. The third kappa shape index (κ3) is 4.65. The lowest BCUT2D eigenvalue weighted by Crippen LogP contribution is -2.32. The molecule has 2 nitrogen and oxygen atoms in total. The maximum Gasteiger partial charge on any atom is 0.424 e. The average Bonchev–Trinajstić information content (AvgIpc) is 2.28. The van der Waals surface area contributed by atoms with Crippen LogP contribution >= 0.6 is 39.9 Å². The number of nitrogen functional groups attached to an aromatic ring is 1. The molecular formula is C12H16BrCl2F2NO. The summed E-state index contributed by atoms with van der Waals surface area (Å²) in [6.07, 6.45) is -2.17. The van der Waals surface area contributed by atoms with Gasteiger partial charge in [0.1, 0.15) is 5.75 Å². The first-order valence-electron chi connectivity index (χ1n) is 5.58. The zero-order valence-corrected chi connectivity index (χ0v) is 13.7. The number of hydrogen-bond acceptors (Lipinski definition) is 2. The molecule has 1 aromatic rings. The lowest BCUT2D eigenvalue weighted by Gasteiger charge is -2.21. The van der Waals surface area contributed by atoms with Gasteiger partial charge in [0.2, 0.25) is 0 Å². The molecule has 0 aliphatic rings. The van der Waals surface area contributed by atoms with E-state index in [9.17, 15) is 8.78 Å². The van der Waals surface area contributed by atoms with E-state index in [1.807, 2.05) is 13.8 Å². The molecule has 1 rings (SSSR count). The van der Waals surface area contributed by atoms with Crippen LogP contribution in [0.3, 0.4) is 0 Å². The molecule has 0 amide bonds. The summed E-state index contributed by atoms with van der Waals surface area (Å²) in [5, 5.41) is 0. The van der Waals surface area contributed by atoms with Crippen LogP contribution < -0.4 is 10.5 Å². The van der Waals surface area contributed by atoms with Crippen LogP contribution in [0.25, 0.3) is 0 Å². The van der Waals surface area contributed by atoms with Gasteiger partial charge in [0.15, 0.2) is 4.29 Å². The Morgan fingerprint density at radius 3 is 2.26 bits per heavy atom. The van der Waals surface area contributed by atoms with Crippen molar-refractivity contribution in [3.63, 3.8) is 0 Å². The van der Waals surface area contributed by atoms with Crippen LogP contribution in [-0.4, -0.2) is 10.4 Å². The molecule has 7 heteroatoms. The van der Waals surface area contributed by atoms with Crippen LogP contribution in [0.5, 0.6) is 5.75 Å². The number of nitrogens with two attached hydrogens (primary N) is 1. The van der Waals surface area contributed by atoms with Crippen molar-refractivity contribution in [2.45, 2.75) is 37.1 Å². The Labute approximate surface area is 131 Å². The summed E-state index contributed by atoms with van der Waals surface area (Å²) in [7, 11) is 0. The van der Waals surface area contributed by atoms with Crippen LogP contribution in [0.2, 0.25) is 0 Å². The third-order valence-corrected chi connectivity index (χ3v) is 3.37. The van der Waals surface area contributed by atoms with Gasteiger partial charge in [-0.3, -0.25) is 0 Å². The van der Waals surface area contributed by atoms with Crippen molar-refractivity contribution in [1.29, 1.82) is 0 Å². The summed E-state index contributed by atoms with van der Waals surface area (Å²) in [4.78, 5) is 0. The van der Waals surface area contributed by atoms with Crippen molar-refractivity contribution in [3.8, 4) is 5.75 Å². The van der Waals surface area contributed by atoms with Crippen LogP contribution in [0.15, 0.2) is 12.1 Å². The van der Waals surface area contributed by atoms with Gasteiger partial charge in [0, 0.05) is 11.8 Å². The van der Waals surface area contributed by atoms with E-state index >= 15 is 0 Å². The zero-order valence-electron chi connectivity index (χ0n) is 10.6. The summed E-state index contributed by atoms with van der Waals surface area (Å²) in [6.45, 7) is 3.82. The maximum absolute atomic E-state index is 13.4. The zero-order chi connectivity index (χ0) is 13.9. The first-order chi connectivity index (χ1) is 8.31. The predicted molar refractivity (Wildman–Crippen MR) is 81.0 cm³/mol. The summed E-state index contributed by atoms with van der Waals surface area (Å²) in [5.74, 6) is 0.0716. The summed E-state index contributed by atoms with van der Waals surface area (Å²) >= 11 is 7.93. The Bertz CT molecular complexity index is 430. The predicted octanol–water partition coefficient (Wildman–Crippen LogP) is 4.75. The van der Waals surface area contributed by atoms with Gasteiger partial charge in [0.05, 0.1) is 0 Å². The van der Waals surface area contributed by atoms with Gasteiger partial charge in [-0.25, -0.2) is 0 Å². The van der Waals surface area contributed by atoms with E-state index in [-0.39, 0.29) is 18.2 Å². The number of alkyl halides is 4. The van der Waals surface area contributed by atoms with Gasteiger partial charge in [-0.2, -0.15) is 8.78 Å². The topological polar surface area (TPSA) is 35.2 Å². The van der Waals surface area contributed by atoms with Crippen molar-refractivity contribution < 1.29 is 13.5 Å². The second-order valence-corrected chi connectivity index (χ2v) is 5.71. The molecule has 1 atom stereocenters. The summed E-state index contributed by atoms with van der Waals surface area (Å²) < 4.78 is 29.9. The Morgan fingerprint density at radius 1 is 1.32 bits per heavy atom. The Kier molecular flexibility index (Phi) is 7.40. The molecule has 1 unspecified atom stereocenters. The number of ether oxygens (including phenoxy) is 1. The Morgan fingerprint density at radius 2 is 1.84 bits per heavy atom. The molecule has 0 aliphatic heterocycles. The number of rotatable bonds is 5. The fourth-order valence-corrected chi connectivity index (χ4v) is 1.70. The van der Waals surface area contributed by atoms with E-state index in [0.717, 1.165) is 12.0 Å². The molecule has 0 saturated carbocycles. The fraction of sp³-hybridized carbons (Fsp3) is 0.500. The molecule has 0 saturated heterocycles. The first-order valence-corrected chi connectivity index (χ1v) is 6.93. The molecule has 0 radical (unpaired) electrons. The highest BCUT2D eigenvalue weighted by atomic mass is 79.9. The highest BCUT2D eigenvalue weighted by Gasteiger charge is 2.40. The van der Waals surface area contributed by atoms with E-state index in [1.165, 1.54) is 6.07 Å². The van der Waals surface area contributed by atoms with Crippen molar-refractivity contribution in [3.05, 3.63) is 23.3 Å². The van der Waals surface area contributed by atoms with Gasteiger partial charge in [-0.15, -0.1) is 12.4 Å². The largest absolute Gasteiger partial charge is 0.430 e. The number of hydrogen-bond donors (Lipinski definition) is 1. The number of benzene rings is 1. The van der Waals surface area contributed by atoms with Gasteiger partial charge in [0.25, 0.3) is 0 Å². The van der Waals surface area contributed by atoms with E-state index in [0.29, 0.717) is 17.7 Å². The summed E-state index contributed by atoms with van der Waals surface area (Å²) in [5.41, 5.74) is 7.83. The quantitative estimate of drug-likeness (QED) is 0.592. The number of aryl methyl sites for hydroxylation is 2. The van der Waals surface area contributed by atoms with Crippen molar-refractivity contribution in [1.82, 2.24) is 0 Å². The average molecular weight is 379 g/mol. The van der Waals surface area contributed by atoms with Gasteiger partial charge < -0.3 is 10.5 Å². The minimum Gasteiger partial charge on any atom is -0.430 e. The van der Waals surface area contributed by atoms with Crippen LogP contribution in [0.1, 0.15) is 25.0 Å². The lowest BCUT2D eigenvalue weighted by molar-refractivity contribution is -0.161. The van der Waals surface area contributed by atoms with E-state index in [1.54, 1.807) is 6.07 Å². The Hall–Kier alpha value is -0.260. The molecule has 2 N–H and O–H groups in total. The minimum absolute atomic E-state index is 0. The summed E-state index contributed by atoms with van der Waals surface area (Å²) in [6, 6.07) is 3.22. The van der Waals surface area contributed by atoms with Crippen molar-refractivity contribution in [2.24, 2.45) is 0 Å². The van der Waals surface area contributed by atoms with E-state index in [4.69, 9.17) is 17.3 Å². The third-order valence-electron chi connectivity index (χ3n) is 2.58. The molecule has 0 spiro atoms. The van der Waals surface area contributed by atoms with Crippen molar-refractivity contribution in [2.75, 3.05) is 5.73 Å². The highest BCUT2D eigenvalue weighted by Crippen LogP contribution is 2.35. The first kappa shape index (κ1) is 18.7. The van der Waals surface area contributed by atoms with E-state index < -0.39 is 10.4 Å². The van der Waals surface area contributed by atoms with Crippen molar-refractivity contribution >= 4 is 45.6 Å². The molecule has 0 heterocycles. The molecule has 110 valence electrons. The molecule has 1 aromatic carbocycles. The highest BCUT2D eigenvalue weighted by molar-refractivity contribution is 9.10. The van der Waals surface area contributed by atoms with Crippen LogP contribution in [0, 0.1) is 0 Å². The second kappa shape index (κ2) is 7.50. The number of anilines is 1. The normalized spacial score (nSPS) is 12.7. The smallest absolute Gasteiger partial charge is 0.424 e. The number of halogens is 5. The minimum atomic E-state index is -3.49. The van der Waals surface area contributed by atoms with Gasteiger partial charge in [-0.1, -0.05) is 47.4 Å². The molecular weight excluding hydrogens is 363 g/mol. The molecule has 0 fully saturated rings. The maximum atomic E-state index is 13.4. The Balaban J connectivity index is 0.00000324. The fourth-order valence-electron chi connectivity index (χ4n) is 1.56. The molecule has 0 aliphatic carbocycles. The van der Waals surface area contributed by atoms with Crippen LogP contribution in [0.4, 0.5) is 14.5 Å². The molecule has 0 aromatic heterocycles. The monoisotopic (exact) mass is 377 g/mol. The van der Waals surface area contributed by atoms with E-state index in [2.05, 4.69) is 20.7 Å². The van der Waals surface area contributed by atoms with Gasteiger partial charge >= 0.3 is 6.11 Å². The van der Waals surface area contributed by atoms with Crippen LogP contribution in [-0.2, 0) is 12.8 Å². The van der Waals surface area contributed by atoms with Gasteiger partial charge in [-0.05, 0) is 24.0 Å². The molecule has 19 heavy (non-hydrogen) atoms. The lowest BCUT2D eigenvalue weighted by atomic mass is 10.0.